The van der Waals surface area contributed by atoms with Crippen LogP contribution in [0.1, 0.15) is 25.0 Å². The molecule has 1 fully saturated rings. The largest absolute Gasteiger partial charge is 0.353 e. The summed E-state index contributed by atoms with van der Waals surface area (Å²) >= 11 is 0. The van der Waals surface area contributed by atoms with Gasteiger partial charge in [0.15, 0.2) is 0 Å². The van der Waals surface area contributed by atoms with Gasteiger partial charge < -0.3 is 15.5 Å². The van der Waals surface area contributed by atoms with Crippen molar-refractivity contribution in [3.63, 3.8) is 0 Å². The second kappa shape index (κ2) is 5.63. The van der Waals surface area contributed by atoms with E-state index in [2.05, 4.69) is 10.3 Å². The van der Waals surface area contributed by atoms with Crippen LogP contribution in [0.4, 0.5) is 0 Å². The van der Waals surface area contributed by atoms with Crippen LogP contribution >= 0.6 is 0 Å². The first kappa shape index (κ1) is 13.1. The number of hydrogen-bond acceptors (Lipinski definition) is 3. The van der Waals surface area contributed by atoms with Crippen molar-refractivity contribution in [2.24, 2.45) is 11.7 Å². The normalized spacial score (nSPS) is 22.2. The van der Waals surface area contributed by atoms with Crippen LogP contribution in [-0.2, 0) is 11.2 Å². The lowest BCUT2D eigenvalue weighted by Crippen LogP contribution is -2.40. The van der Waals surface area contributed by atoms with Gasteiger partial charge in [-0.05, 0) is 37.4 Å². The van der Waals surface area contributed by atoms with Gasteiger partial charge in [0.2, 0.25) is 5.91 Å². The second-order valence-corrected chi connectivity index (χ2v) is 5.48. The van der Waals surface area contributed by atoms with Crippen LogP contribution < -0.4 is 11.1 Å². The number of imidazole rings is 1. The van der Waals surface area contributed by atoms with Crippen LogP contribution in [-0.4, -0.2) is 27.9 Å². The van der Waals surface area contributed by atoms with Crippen LogP contribution in [0.25, 0.3) is 5.65 Å². The standard InChI is InChI=1S/C15H20N4O/c16-9-11-4-3-5-13(11)18-15(20)8-12-10-19-7-2-1-6-14(19)17-12/h1-2,6-7,10-11,13H,3-5,8-9,16H2,(H,18,20). The highest BCUT2D eigenvalue weighted by Crippen LogP contribution is 2.24. The van der Waals surface area contributed by atoms with E-state index in [1.807, 2.05) is 35.0 Å². The summed E-state index contributed by atoms with van der Waals surface area (Å²) in [6, 6.07) is 6.06. The maximum absolute atomic E-state index is 12.1. The fourth-order valence-electron chi connectivity index (χ4n) is 3.00. The molecule has 1 amide bonds. The lowest BCUT2D eigenvalue weighted by Gasteiger charge is -2.19. The molecule has 2 unspecified atom stereocenters. The number of carbonyl (C=O) groups is 1. The molecular weight excluding hydrogens is 252 g/mol. The molecule has 2 aromatic rings. The van der Waals surface area contributed by atoms with E-state index in [1.54, 1.807) is 0 Å². The van der Waals surface area contributed by atoms with Gasteiger partial charge in [-0.3, -0.25) is 4.79 Å². The van der Waals surface area contributed by atoms with Crippen LogP contribution in [0.3, 0.4) is 0 Å². The Kier molecular flexibility index (Phi) is 3.69. The summed E-state index contributed by atoms with van der Waals surface area (Å²) in [6.07, 6.45) is 7.49. The smallest absolute Gasteiger partial charge is 0.226 e. The zero-order chi connectivity index (χ0) is 13.9. The number of aromatic nitrogens is 2. The van der Waals surface area contributed by atoms with Crippen LogP contribution in [0, 0.1) is 5.92 Å². The summed E-state index contributed by atoms with van der Waals surface area (Å²) < 4.78 is 1.93. The van der Waals surface area contributed by atoms with Gasteiger partial charge in [0.05, 0.1) is 12.1 Å². The second-order valence-electron chi connectivity index (χ2n) is 5.48. The van der Waals surface area contributed by atoms with Crippen molar-refractivity contribution >= 4 is 11.6 Å². The van der Waals surface area contributed by atoms with Crippen LogP contribution in [0.5, 0.6) is 0 Å². The first-order valence-electron chi connectivity index (χ1n) is 7.18. The molecule has 0 radical (unpaired) electrons. The Balaban J connectivity index is 1.63. The molecule has 3 rings (SSSR count). The molecule has 0 spiro atoms. The van der Waals surface area contributed by atoms with Gasteiger partial charge in [-0.15, -0.1) is 0 Å². The quantitative estimate of drug-likeness (QED) is 0.876. The molecular formula is C15H20N4O. The minimum Gasteiger partial charge on any atom is -0.353 e. The number of nitrogens with zero attached hydrogens (tertiary/aromatic N) is 2. The number of carbonyl (C=O) groups excluding carboxylic acids is 1. The minimum atomic E-state index is 0.0405. The average molecular weight is 272 g/mol. The molecule has 2 aromatic heterocycles. The number of pyridine rings is 1. The fourth-order valence-corrected chi connectivity index (χ4v) is 3.00. The van der Waals surface area contributed by atoms with Gasteiger partial charge >= 0.3 is 0 Å². The Hall–Kier alpha value is -1.88. The van der Waals surface area contributed by atoms with E-state index in [1.165, 1.54) is 0 Å². The van der Waals surface area contributed by atoms with Gasteiger partial charge in [-0.2, -0.15) is 0 Å². The zero-order valence-electron chi connectivity index (χ0n) is 11.5. The maximum atomic E-state index is 12.1. The van der Waals surface area contributed by atoms with E-state index in [0.29, 0.717) is 18.9 Å². The van der Waals surface area contributed by atoms with Crippen LogP contribution in [0.2, 0.25) is 0 Å². The van der Waals surface area contributed by atoms with Crippen molar-refractivity contribution in [3.8, 4) is 0 Å². The summed E-state index contributed by atoms with van der Waals surface area (Å²) in [7, 11) is 0. The van der Waals surface area contributed by atoms with Crippen molar-refractivity contribution < 1.29 is 4.79 Å². The molecule has 2 atom stereocenters. The molecule has 1 aliphatic carbocycles. The van der Waals surface area contributed by atoms with E-state index in [4.69, 9.17) is 5.73 Å². The predicted molar refractivity (Wildman–Crippen MR) is 77.2 cm³/mol. The molecule has 5 nitrogen and oxygen atoms in total. The Morgan fingerprint density at radius 3 is 3.15 bits per heavy atom. The number of fused-ring (bicyclic) bond motifs is 1. The Labute approximate surface area is 118 Å². The molecule has 0 saturated heterocycles. The molecule has 0 aliphatic heterocycles. The van der Waals surface area contributed by atoms with Crippen LogP contribution in [0.15, 0.2) is 30.6 Å². The molecule has 1 saturated carbocycles. The summed E-state index contributed by atoms with van der Waals surface area (Å²) in [4.78, 5) is 16.5. The van der Waals surface area contributed by atoms with E-state index in [9.17, 15) is 4.79 Å². The summed E-state index contributed by atoms with van der Waals surface area (Å²) in [6.45, 7) is 0.652. The molecule has 0 aromatic carbocycles. The average Bonchev–Trinajstić information content (AvgIpc) is 3.03. The minimum absolute atomic E-state index is 0.0405. The van der Waals surface area contributed by atoms with Crippen molar-refractivity contribution in [1.82, 2.24) is 14.7 Å². The van der Waals surface area contributed by atoms with Gasteiger partial charge in [0, 0.05) is 18.4 Å². The van der Waals surface area contributed by atoms with Crippen molar-refractivity contribution in [3.05, 3.63) is 36.3 Å². The van der Waals surface area contributed by atoms with Crippen molar-refractivity contribution in [1.29, 1.82) is 0 Å². The molecule has 1 aliphatic rings. The summed E-state index contributed by atoms with van der Waals surface area (Å²) in [5.74, 6) is 0.471. The number of hydrogen-bond donors (Lipinski definition) is 2. The molecule has 106 valence electrons. The summed E-state index contributed by atoms with van der Waals surface area (Å²) in [5.41, 5.74) is 7.41. The maximum Gasteiger partial charge on any atom is 0.226 e. The van der Waals surface area contributed by atoms with Gasteiger partial charge in [-0.1, -0.05) is 12.5 Å². The van der Waals surface area contributed by atoms with Crippen molar-refractivity contribution in [2.75, 3.05) is 6.54 Å². The fraction of sp³-hybridized carbons (Fsp3) is 0.467. The highest BCUT2D eigenvalue weighted by molar-refractivity contribution is 5.78. The van der Waals surface area contributed by atoms with E-state index in [0.717, 1.165) is 30.6 Å². The monoisotopic (exact) mass is 272 g/mol. The molecule has 20 heavy (non-hydrogen) atoms. The van der Waals surface area contributed by atoms with Gasteiger partial charge in [-0.25, -0.2) is 4.98 Å². The molecule has 2 heterocycles. The lowest BCUT2D eigenvalue weighted by atomic mass is 10.0. The molecule has 3 N–H and O–H groups in total. The number of amides is 1. The Bertz CT molecular complexity index is 574. The number of rotatable bonds is 4. The Morgan fingerprint density at radius 1 is 1.45 bits per heavy atom. The SMILES string of the molecule is NCC1CCCC1NC(=O)Cc1cn2ccccc2n1. The third kappa shape index (κ3) is 2.67. The van der Waals surface area contributed by atoms with Gasteiger partial charge in [0.25, 0.3) is 0 Å². The van der Waals surface area contributed by atoms with Gasteiger partial charge in [0.1, 0.15) is 5.65 Å². The Morgan fingerprint density at radius 2 is 2.35 bits per heavy atom. The molecule has 0 bridgehead atoms. The van der Waals surface area contributed by atoms with Crippen molar-refractivity contribution in [2.45, 2.75) is 31.7 Å². The number of nitrogens with two attached hydrogens (primary N) is 1. The highest BCUT2D eigenvalue weighted by atomic mass is 16.1. The zero-order valence-corrected chi connectivity index (χ0v) is 11.5. The van der Waals surface area contributed by atoms with E-state index >= 15 is 0 Å². The third-order valence-electron chi connectivity index (χ3n) is 4.06. The van der Waals surface area contributed by atoms with E-state index in [-0.39, 0.29) is 11.9 Å². The lowest BCUT2D eigenvalue weighted by molar-refractivity contribution is -0.121. The first-order valence-corrected chi connectivity index (χ1v) is 7.18. The predicted octanol–water partition coefficient (Wildman–Crippen LogP) is 1.12. The topological polar surface area (TPSA) is 72.4 Å². The third-order valence-corrected chi connectivity index (χ3v) is 4.06. The first-order chi connectivity index (χ1) is 9.76. The number of nitrogens with one attached hydrogen (secondary N) is 1. The highest BCUT2D eigenvalue weighted by Gasteiger charge is 2.27. The van der Waals surface area contributed by atoms with E-state index < -0.39 is 0 Å². The molecule has 5 heteroatoms. The summed E-state index contributed by atoms with van der Waals surface area (Å²) in [5, 5.41) is 3.10.